The number of amides is 1. The predicted molar refractivity (Wildman–Crippen MR) is 111 cm³/mol. The predicted octanol–water partition coefficient (Wildman–Crippen LogP) is 5.15. The highest BCUT2D eigenvalue weighted by atomic mass is 35.5. The molecule has 0 aliphatic heterocycles. The van der Waals surface area contributed by atoms with Crippen LogP contribution < -0.4 is 10.1 Å². The molecule has 3 aromatic carbocycles. The van der Waals surface area contributed by atoms with Crippen LogP contribution in [0.5, 0.6) is 5.75 Å². The summed E-state index contributed by atoms with van der Waals surface area (Å²) in [6, 6.07) is 21.2. The van der Waals surface area contributed by atoms with Crippen molar-refractivity contribution in [1.82, 2.24) is 0 Å². The summed E-state index contributed by atoms with van der Waals surface area (Å²) in [7, 11) is 0. The van der Waals surface area contributed by atoms with E-state index in [4.69, 9.17) is 16.3 Å². The highest BCUT2D eigenvalue weighted by Crippen LogP contribution is 2.24. The number of hydrogen-bond donors (Lipinski definition) is 1. The van der Waals surface area contributed by atoms with Crippen molar-refractivity contribution in [2.75, 3.05) is 11.9 Å². The first-order valence-electron chi connectivity index (χ1n) is 8.97. The van der Waals surface area contributed by atoms with Gasteiger partial charge in [-0.15, -0.1) is 0 Å². The van der Waals surface area contributed by atoms with E-state index in [0.717, 1.165) is 6.42 Å². The first-order valence-corrected chi connectivity index (χ1v) is 9.35. The second kappa shape index (κ2) is 9.20. The van der Waals surface area contributed by atoms with E-state index in [1.54, 1.807) is 42.5 Å². The zero-order chi connectivity index (χ0) is 19.9. The lowest BCUT2D eigenvalue weighted by atomic mass is 10.0. The average molecular weight is 394 g/mol. The molecule has 0 aliphatic rings. The van der Waals surface area contributed by atoms with Crippen molar-refractivity contribution in [3.8, 4) is 5.75 Å². The zero-order valence-corrected chi connectivity index (χ0v) is 16.2. The van der Waals surface area contributed by atoms with Gasteiger partial charge in [0.25, 0.3) is 5.91 Å². The largest absolute Gasteiger partial charge is 0.484 e. The Morgan fingerprint density at radius 3 is 2.36 bits per heavy atom. The number of ketones is 1. The molecule has 5 heteroatoms. The molecule has 0 saturated carbocycles. The van der Waals surface area contributed by atoms with Gasteiger partial charge in [-0.2, -0.15) is 0 Å². The third-order valence-corrected chi connectivity index (χ3v) is 4.47. The van der Waals surface area contributed by atoms with E-state index >= 15 is 0 Å². The number of nitrogens with one attached hydrogen (secondary N) is 1. The van der Waals surface area contributed by atoms with Gasteiger partial charge in [0.15, 0.2) is 12.4 Å². The lowest BCUT2D eigenvalue weighted by molar-refractivity contribution is -0.118. The molecule has 0 bridgehead atoms. The van der Waals surface area contributed by atoms with Gasteiger partial charge in [-0.05, 0) is 42.3 Å². The summed E-state index contributed by atoms with van der Waals surface area (Å²) < 4.78 is 5.53. The standard InChI is InChI=1S/C23H20ClNO3/c1-2-16-8-11-19(12-9-16)28-15-22(26)25-21-13-10-18(24)14-20(21)23(27)17-6-4-3-5-7-17/h3-14H,2,15H2,1H3,(H,25,26). The maximum atomic E-state index is 12.8. The Balaban J connectivity index is 1.71. The first kappa shape index (κ1) is 19.6. The Morgan fingerprint density at radius 2 is 1.68 bits per heavy atom. The van der Waals surface area contributed by atoms with Gasteiger partial charge in [0, 0.05) is 16.1 Å². The molecule has 1 amide bonds. The third kappa shape index (κ3) is 4.99. The summed E-state index contributed by atoms with van der Waals surface area (Å²) in [5, 5.41) is 3.16. The molecule has 1 N–H and O–H groups in total. The van der Waals surface area contributed by atoms with Gasteiger partial charge in [-0.1, -0.05) is 61.0 Å². The maximum absolute atomic E-state index is 12.8. The molecule has 142 valence electrons. The third-order valence-electron chi connectivity index (χ3n) is 4.24. The monoisotopic (exact) mass is 393 g/mol. The highest BCUT2D eigenvalue weighted by Gasteiger charge is 2.16. The summed E-state index contributed by atoms with van der Waals surface area (Å²) in [5.41, 5.74) is 2.45. The summed E-state index contributed by atoms with van der Waals surface area (Å²) in [5.74, 6) is 0.0440. The van der Waals surface area contributed by atoms with E-state index < -0.39 is 0 Å². The lowest BCUT2D eigenvalue weighted by Crippen LogP contribution is -2.21. The molecule has 3 rings (SSSR count). The van der Waals surface area contributed by atoms with Crippen molar-refractivity contribution >= 4 is 29.0 Å². The van der Waals surface area contributed by atoms with Crippen LogP contribution in [0.2, 0.25) is 5.02 Å². The molecular formula is C23H20ClNO3. The minimum atomic E-state index is -0.357. The first-order chi connectivity index (χ1) is 13.6. The van der Waals surface area contributed by atoms with Crippen molar-refractivity contribution in [3.05, 3.63) is 94.5 Å². The Morgan fingerprint density at radius 1 is 0.964 bits per heavy atom. The number of ether oxygens (including phenoxy) is 1. The molecule has 0 aromatic heterocycles. The van der Waals surface area contributed by atoms with E-state index in [1.807, 2.05) is 30.3 Å². The molecule has 0 fully saturated rings. The number of carbonyl (C=O) groups excluding carboxylic acids is 2. The number of hydrogen-bond acceptors (Lipinski definition) is 3. The van der Waals surface area contributed by atoms with E-state index in [0.29, 0.717) is 27.6 Å². The number of aryl methyl sites for hydroxylation is 1. The normalized spacial score (nSPS) is 10.4. The fraction of sp³-hybridized carbons (Fsp3) is 0.130. The Labute approximate surface area is 169 Å². The van der Waals surface area contributed by atoms with Crippen LogP contribution in [0.1, 0.15) is 28.4 Å². The Kier molecular flexibility index (Phi) is 6.45. The molecule has 0 unspecified atom stereocenters. The average Bonchev–Trinajstić information content (AvgIpc) is 2.74. The van der Waals surface area contributed by atoms with Gasteiger partial charge in [-0.3, -0.25) is 9.59 Å². The van der Waals surface area contributed by atoms with Gasteiger partial charge in [0.2, 0.25) is 0 Å². The quantitative estimate of drug-likeness (QED) is 0.564. The van der Waals surface area contributed by atoms with Crippen LogP contribution in [0.25, 0.3) is 0 Å². The Bertz CT molecular complexity index is 969. The molecule has 0 atom stereocenters. The lowest BCUT2D eigenvalue weighted by Gasteiger charge is -2.12. The van der Waals surface area contributed by atoms with Crippen molar-refractivity contribution in [2.24, 2.45) is 0 Å². The van der Waals surface area contributed by atoms with Crippen LogP contribution in [0.3, 0.4) is 0 Å². The van der Waals surface area contributed by atoms with Gasteiger partial charge >= 0.3 is 0 Å². The number of carbonyl (C=O) groups is 2. The molecule has 0 aliphatic carbocycles. The smallest absolute Gasteiger partial charge is 0.262 e. The maximum Gasteiger partial charge on any atom is 0.262 e. The van der Waals surface area contributed by atoms with Crippen LogP contribution in [0, 0.1) is 0 Å². The number of anilines is 1. The minimum Gasteiger partial charge on any atom is -0.484 e. The van der Waals surface area contributed by atoms with Crippen molar-refractivity contribution in [1.29, 1.82) is 0 Å². The SMILES string of the molecule is CCc1ccc(OCC(=O)Nc2ccc(Cl)cc2C(=O)c2ccccc2)cc1. The fourth-order valence-corrected chi connectivity index (χ4v) is 2.89. The molecule has 0 saturated heterocycles. The Hall–Kier alpha value is -3.11. The fourth-order valence-electron chi connectivity index (χ4n) is 2.71. The molecule has 3 aromatic rings. The van der Waals surface area contributed by atoms with Crippen LogP contribution in [0.15, 0.2) is 72.8 Å². The van der Waals surface area contributed by atoms with E-state index in [-0.39, 0.29) is 18.3 Å². The molecule has 4 nitrogen and oxygen atoms in total. The van der Waals surface area contributed by atoms with E-state index in [1.165, 1.54) is 5.56 Å². The van der Waals surface area contributed by atoms with Gasteiger partial charge in [-0.25, -0.2) is 0 Å². The van der Waals surface area contributed by atoms with Crippen molar-refractivity contribution < 1.29 is 14.3 Å². The molecule has 28 heavy (non-hydrogen) atoms. The van der Waals surface area contributed by atoms with Crippen molar-refractivity contribution in [3.63, 3.8) is 0 Å². The van der Waals surface area contributed by atoms with Gasteiger partial charge < -0.3 is 10.1 Å². The second-order valence-corrected chi connectivity index (χ2v) is 6.66. The number of benzene rings is 3. The van der Waals surface area contributed by atoms with Crippen LogP contribution >= 0.6 is 11.6 Å². The number of halogens is 1. The van der Waals surface area contributed by atoms with Crippen LogP contribution in [-0.4, -0.2) is 18.3 Å². The van der Waals surface area contributed by atoms with Gasteiger partial charge in [0.05, 0.1) is 5.69 Å². The van der Waals surface area contributed by atoms with Gasteiger partial charge in [0.1, 0.15) is 5.75 Å². The summed E-state index contributed by atoms with van der Waals surface area (Å²) in [4.78, 5) is 25.1. The van der Waals surface area contributed by atoms with E-state index in [2.05, 4.69) is 12.2 Å². The topological polar surface area (TPSA) is 55.4 Å². The minimum absolute atomic E-state index is 0.160. The van der Waals surface area contributed by atoms with Crippen molar-refractivity contribution in [2.45, 2.75) is 13.3 Å². The van der Waals surface area contributed by atoms with E-state index in [9.17, 15) is 9.59 Å². The molecule has 0 radical (unpaired) electrons. The molecular weight excluding hydrogens is 374 g/mol. The van der Waals surface area contributed by atoms with Crippen LogP contribution in [-0.2, 0) is 11.2 Å². The summed E-state index contributed by atoms with van der Waals surface area (Å²) in [6.45, 7) is 1.91. The summed E-state index contributed by atoms with van der Waals surface area (Å²) >= 11 is 6.06. The van der Waals surface area contributed by atoms with Crippen LogP contribution in [0.4, 0.5) is 5.69 Å². The summed E-state index contributed by atoms with van der Waals surface area (Å²) in [6.07, 6.45) is 0.940. The zero-order valence-electron chi connectivity index (χ0n) is 15.4. The number of rotatable bonds is 7. The molecule has 0 heterocycles. The highest BCUT2D eigenvalue weighted by molar-refractivity contribution is 6.31. The second-order valence-electron chi connectivity index (χ2n) is 6.22. The molecule has 0 spiro atoms.